The summed E-state index contributed by atoms with van der Waals surface area (Å²) >= 11 is 0. The Kier molecular flexibility index (Phi) is 6.07. The highest BCUT2D eigenvalue weighted by atomic mass is 32.2. The highest BCUT2D eigenvalue weighted by Crippen LogP contribution is 2.26. The zero-order chi connectivity index (χ0) is 15.3. The molecule has 0 saturated heterocycles. The first-order chi connectivity index (χ1) is 9.34. The average Bonchev–Trinajstić information content (AvgIpc) is 2.40. The van der Waals surface area contributed by atoms with Crippen LogP contribution in [0.1, 0.15) is 38.7 Å². The van der Waals surface area contributed by atoms with Gasteiger partial charge in [-0.1, -0.05) is 26.0 Å². The second-order valence-electron chi connectivity index (χ2n) is 4.74. The summed E-state index contributed by atoms with van der Waals surface area (Å²) in [5, 5.41) is 3.32. The molecule has 0 bridgehead atoms. The normalized spacial score (nSPS) is 15.3. The monoisotopic (exact) mass is 305 g/mol. The Morgan fingerprint density at radius 1 is 1.15 bits per heavy atom. The van der Waals surface area contributed by atoms with E-state index in [-0.39, 0.29) is 16.9 Å². The van der Waals surface area contributed by atoms with Gasteiger partial charge >= 0.3 is 5.76 Å². The van der Waals surface area contributed by atoms with E-state index in [0.29, 0.717) is 0 Å². The smallest absolute Gasteiger partial charge is 0.314 e. The summed E-state index contributed by atoms with van der Waals surface area (Å²) in [4.78, 5) is -0.331. The number of benzene rings is 1. The molecule has 1 aromatic rings. The molecule has 0 heterocycles. The molecule has 20 heavy (non-hydrogen) atoms. The number of nitrogens with one attached hydrogen (secondary N) is 1. The first-order valence-corrected chi connectivity index (χ1v) is 8.24. The molecule has 1 rings (SSSR count). The van der Waals surface area contributed by atoms with Gasteiger partial charge in [0.05, 0.1) is 4.90 Å². The Bertz CT molecular complexity index is 514. The van der Waals surface area contributed by atoms with Crippen molar-refractivity contribution in [1.29, 1.82) is 0 Å². The van der Waals surface area contributed by atoms with Crippen molar-refractivity contribution in [3.05, 3.63) is 29.8 Å². The van der Waals surface area contributed by atoms with E-state index in [0.717, 1.165) is 18.5 Å². The highest BCUT2D eigenvalue weighted by molar-refractivity contribution is 7.91. The Morgan fingerprint density at radius 2 is 1.70 bits per heavy atom. The van der Waals surface area contributed by atoms with Gasteiger partial charge in [0.25, 0.3) is 0 Å². The van der Waals surface area contributed by atoms with Crippen LogP contribution in [0.3, 0.4) is 0 Å². The lowest BCUT2D eigenvalue weighted by atomic mass is 9.90. The Morgan fingerprint density at radius 3 is 2.10 bits per heavy atom. The van der Waals surface area contributed by atoms with Gasteiger partial charge < -0.3 is 5.32 Å². The Balaban J connectivity index is 3.01. The van der Waals surface area contributed by atoms with Crippen molar-refractivity contribution < 1.29 is 17.2 Å². The fourth-order valence-electron chi connectivity index (χ4n) is 2.35. The third-order valence-electron chi connectivity index (χ3n) is 3.44. The molecule has 0 aromatic heterocycles. The molecular weight excluding hydrogens is 284 g/mol. The topological polar surface area (TPSA) is 46.2 Å². The summed E-state index contributed by atoms with van der Waals surface area (Å²) in [5.41, 5.74) is 0.953. The van der Waals surface area contributed by atoms with E-state index in [1.165, 1.54) is 12.1 Å². The second-order valence-corrected chi connectivity index (χ2v) is 6.65. The van der Waals surface area contributed by atoms with E-state index in [1.54, 1.807) is 12.1 Å². The van der Waals surface area contributed by atoms with Crippen molar-refractivity contribution in [3.63, 3.8) is 0 Å². The number of alkyl halides is 2. The molecular formula is C14H21F2NO2S. The number of halogens is 2. The summed E-state index contributed by atoms with van der Waals surface area (Å²) in [7, 11) is -4.51. The predicted octanol–water partition coefficient (Wildman–Crippen LogP) is 3.17. The summed E-state index contributed by atoms with van der Waals surface area (Å²) in [5.74, 6) is -3.16. The van der Waals surface area contributed by atoms with Gasteiger partial charge in [0.1, 0.15) is 0 Å². The van der Waals surface area contributed by atoms with Crippen LogP contribution in [0.2, 0.25) is 0 Å². The lowest BCUT2D eigenvalue weighted by Gasteiger charge is -2.24. The van der Waals surface area contributed by atoms with Crippen LogP contribution in [0.15, 0.2) is 29.2 Å². The highest BCUT2D eigenvalue weighted by Gasteiger charge is 2.26. The van der Waals surface area contributed by atoms with E-state index in [4.69, 9.17) is 0 Å². The molecule has 0 fully saturated rings. The maximum atomic E-state index is 12.5. The lowest BCUT2D eigenvalue weighted by molar-refractivity contribution is 0.234. The molecule has 3 nitrogen and oxygen atoms in total. The van der Waals surface area contributed by atoms with Crippen LogP contribution in [-0.2, 0) is 9.84 Å². The first-order valence-electron chi connectivity index (χ1n) is 6.70. The number of hydrogen-bond acceptors (Lipinski definition) is 3. The molecule has 0 spiro atoms. The molecule has 1 N–H and O–H groups in total. The van der Waals surface area contributed by atoms with Gasteiger partial charge in [-0.25, -0.2) is 8.42 Å². The number of hydrogen-bond donors (Lipinski definition) is 1. The fourth-order valence-corrected chi connectivity index (χ4v) is 3.07. The van der Waals surface area contributed by atoms with Crippen molar-refractivity contribution in [2.75, 3.05) is 6.54 Å². The van der Waals surface area contributed by atoms with Crippen molar-refractivity contribution in [2.45, 2.75) is 49.8 Å². The SMILES string of the molecule is CCNC(C)C(CC)c1ccc(S(=O)(=O)C(F)F)cc1. The van der Waals surface area contributed by atoms with Crippen LogP contribution in [0.5, 0.6) is 0 Å². The molecule has 1 aromatic carbocycles. The van der Waals surface area contributed by atoms with Crippen molar-refractivity contribution in [1.82, 2.24) is 5.32 Å². The largest absolute Gasteiger partial charge is 0.341 e. The number of rotatable bonds is 7. The summed E-state index contributed by atoms with van der Waals surface area (Å²) in [6.07, 6.45) is 0.884. The average molecular weight is 305 g/mol. The summed E-state index contributed by atoms with van der Waals surface area (Å²) in [6, 6.07) is 6.01. The van der Waals surface area contributed by atoms with Gasteiger partial charge in [-0.2, -0.15) is 8.78 Å². The van der Waals surface area contributed by atoms with Crippen LogP contribution in [-0.4, -0.2) is 26.8 Å². The van der Waals surface area contributed by atoms with Crippen molar-refractivity contribution in [2.24, 2.45) is 0 Å². The van der Waals surface area contributed by atoms with Gasteiger partial charge in [0, 0.05) is 6.04 Å². The maximum absolute atomic E-state index is 12.5. The quantitative estimate of drug-likeness (QED) is 0.841. The molecule has 0 aliphatic carbocycles. The van der Waals surface area contributed by atoms with Crippen molar-refractivity contribution >= 4 is 9.84 Å². The van der Waals surface area contributed by atoms with Crippen LogP contribution in [0.4, 0.5) is 8.78 Å². The van der Waals surface area contributed by atoms with Crippen LogP contribution < -0.4 is 5.32 Å². The lowest BCUT2D eigenvalue weighted by Crippen LogP contribution is -2.31. The molecule has 0 saturated carbocycles. The molecule has 0 amide bonds. The molecule has 114 valence electrons. The van der Waals surface area contributed by atoms with Gasteiger partial charge in [-0.05, 0) is 43.5 Å². The minimum absolute atomic E-state index is 0.221. The minimum Gasteiger partial charge on any atom is -0.314 e. The summed E-state index contributed by atoms with van der Waals surface area (Å²) < 4.78 is 47.6. The predicted molar refractivity (Wildman–Crippen MR) is 75.8 cm³/mol. The molecule has 0 aliphatic rings. The van der Waals surface area contributed by atoms with E-state index < -0.39 is 15.6 Å². The van der Waals surface area contributed by atoms with E-state index in [9.17, 15) is 17.2 Å². The molecule has 0 aliphatic heterocycles. The van der Waals surface area contributed by atoms with Crippen LogP contribution in [0, 0.1) is 0 Å². The second kappa shape index (κ2) is 7.13. The zero-order valence-electron chi connectivity index (χ0n) is 11.9. The van der Waals surface area contributed by atoms with E-state index in [2.05, 4.69) is 12.2 Å². The third kappa shape index (κ3) is 3.76. The first kappa shape index (κ1) is 17.0. The molecule has 2 unspecified atom stereocenters. The number of sulfone groups is 1. The van der Waals surface area contributed by atoms with E-state index in [1.807, 2.05) is 13.8 Å². The van der Waals surface area contributed by atoms with Gasteiger partial charge in [-0.15, -0.1) is 0 Å². The van der Waals surface area contributed by atoms with Crippen molar-refractivity contribution in [3.8, 4) is 0 Å². The van der Waals surface area contributed by atoms with Crippen LogP contribution >= 0.6 is 0 Å². The van der Waals surface area contributed by atoms with Gasteiger partial charge in [-0.3, -0.25) is 0 Å². The third-order valence-corrected chi connectivity index (χ3v) is 4.84. The van der Waals surface area contributed by atoms with Gasteiger partial charge in [0.2, 0.25) is 9.84 Å². The van der Waals surface area contributed by atoms with Crippen LogP contribution in [0.25, 0.3) is 0 Å². The van der Waals surface area contributed by atoms with Gasteiger partial charge in [0.15, 0.2) is 0 Å². The fraction of sp³-hybridized carbons (Fsp3) is 0.571. The van der Waals surface area contributed by atoms with E-state index >= 15 is 0 Å². The molecule has 6 heteroatoms. The molecule has 0 radical (unpaired) electrons. The Hall–Kier alpha value is -1.01. The zero-order valence-corrected chi connectivity index (χ0v) is 12.8. The standard InChI is InChI=1S/C14H21F2NO2S/c1-4-13(10(3)17-5-2)11-6-8-12(9-7-11)20(18,19)14(15)16/h6-10,13-14,17H,4-5H2,1-3H3. The maximum Gasteiger partial charge on any atom is 0.341 e. The number of likely N-dealkylation sites (N-methyl/N-ethyl adjacent to an activating group) is 1. The summed E-state index contributed by atoms with van der Waals surface area (Å²) in [6.45, 7) is 6.96. The molecule has 2 atom stereocenters. The Labute approximate surface area is 119 Å². The minimum atomic E-state index is -4.51.